The summed E-state index contributed by atoms with van der Waals surface area (Å²) >= 11 is 0. The van der Waals surface area contributed by atoms with Crippen LogP contribution in [0.3, 0.4) is 0 Å². The lowest BCUT2D eigenvalue weighted by Crippen LogP contribution is -2.34. The highest BCUT2D eigenvalue weighted by atomic mass is 19.4. The maximum Gasteiger partial charge on any atom is 0.391 e. The molecule has 0 radical (unpaired) electrons. The van der Waals surface area contributed by atoms with Crippen molar-refractivity contribution in [1.82, 2.24) is 9.78 Å². The van der Waals surface area contributed by atoms with Gasteiger partial charge in [0.25, 0.3) is 0 Å². The normalized spacial score (nSPS) is 24.2. The number of hydrogen-bond donors (Lipinski definition) is 1. The van der Waals surface area contributed by atoms with E-state index in [-0.39, 0.29) is 18.7 Å². The lowest BCUT2D eigenvalue weighted by molar-refractivity contribution is -0.185. The largest absolute Gasteiger partial charge is 0.391 e. The van der Waals surface area contributed by atoms with E-state index in [2.05, 4.69) is 10.4 Å². The second-order valence-corrected chi connectivity index (χ2v) is 4.99. The fourth-order valence-electron chi connectivity index (χ4n) is 2.46. The fourth-order valence-corrected chi connectivity index (χ4v) is 2.46. The van der Waals surface area contributed by atoms with E-state index in [4.69, 9.17) is 0 Å². The zero-order valence-electron chi connectivity index (χ0n) is 10.6. The van der Waals surface area contributed by atoms with Gasteiger partial charge in [0.1, 0.15) is 0 Å². The molecular formula is C12H16F3N3O. The van der Waals surface area contributed by atoms with Gasteiger partial charge in [-0.1, -0.05) is 6.42 Å². The number of anilines is 1. The molecule has 2 rings (SSSR count). The van der Waals surface area contributed by atoms with E-state index in [1.165, 1.54) is 10.9 Å². The Morgan fingerprint density at radius 3 is 2.79 bits per heavy atom. The fraction of sp³-hybridized carbons (Fsp3) is 0.667. The number of aromatic nitrogens is 2. The average molecular weight is 275 g/mol. The minimum atomic E-state index is -4.20. The molecule has 1 fully saturated rings. The molecule has 1 aromatic heterocycles. The minimum Gasteiger partial charge on any atom is -0.323 e. The van der Waals surface area contributed by atoms with Crippen LogP contribution in [0.25, 0.3) is 0 Å². The van der Waals surface area contributed by atoms with Gasteiger partial charge >= 0.3 is 6.18 Å². The van der Waals surface area contributed by atoms with Gasteiger partial charge in [-0.2, -0.15) is 18.3 Å². The third-order valence-electron chi connectivity index (χ3n) is 3.48. The molecule has 1 aliphatic carbocycles. The minimum absolute atomic E-state index is 0.115. The highest BCUT2D eigenvalue weighted by Crippen LogP contribution is 2.40. The van der Waals surface area contributed by atoms with E-state index in [0.29, 0.717) is 18.5 Å². The molecule has 0 aromatic carbocycles. The average Bonchev–Trinajstić information content (AvgIpc) is 2.74. The van der Waals surface area contributed by atoms with Gasteiger partial charge in [0.2, 0.25) is 5.91 Å². The monoisotopic (exact) mass is 275 g/mol. The van der Waals surface area contributed by atoms with Crippen LogP contribution in [-0.2, 0) is 11.8 Å². The van der Waals surface area contributed by atoms with E-state index < -0.39 is 18.0 Å². The van der Waals surface area contributed by atoms with Crippen LogP contribution in [0.1, 0.15) is 25.7 Å². The second kappa shape index (κ2) is 5.22. The van der Waals surface area contributed by atoms with E-state index in [1.54, 1.807) is 13.2 Å². The summed E-state index contributed by atoms with van der Waals surface area (Å²) in [6, 6.07) is 0. The molecular weight excluding hydrogens is 259 g/mol. The Bertz CT molecular complexity index is 455. The molecule has 106 valence electrons. The summed E-state index contributed by atoms with van der Waals surface area (Å²) in [7, 11) is 1.70. The molecule has 0 saturated heterocycles. The molecule has 2 atom stereocenters. The number of alkyl halides is 3. The molecule has 1 saturated carbocycles. The number of hydrogen-bond acceptors (Lipinski definition) is 2. The van der Waals surface area contributed by atoms with Gasteiger partial charge in [-0.05, 0) is 19.3 Å². The van der Waals surface area contributed by atoms with Crippen LogP contribution in [0.4, 0.5) is 18.9 Å². The molecule has 0 spiro atoms. The molecule has 2 unspecified atom stereocenters. The number of halogens is 3. The van der Waals surface area contributed by atoms with Gasteiger partial charge in [0.15, 0.2) is 0 Å². The Labute approximate surface area is 109 Å². The first-order valence-corrected chi connectivity index (χ1v) is 6.22. The van der Waals surface area contributed by atoms with Gasteiger partial charge in [0, 0.05) is 19.2 Å². The summed E-state index contributed by atoms with van der Waals surface area (Å²) in [4.78, 5) is 11.9. The molecule has 1 N–H and O–H groups in total. The molecule has 1 aromatic rings. The van der Waals surface area contributed by atoms with Crippen molar-refractivity contribution in [2.24, 2.45) is 18.9 Å². The van der Waals surface area contributed by atoms with Gasteiger partial charge in [-0.3, -0.25) is 9.48 Å². The summed E-state index contributed by atoms with van der Waals surface area (Å²) in [5.74, 6) is -2.27. The summed E-state index contributed by atoms with van der Waals surface area (Å²) in [6.45, 7) is 0. The Balaban J connectivity index is 1.95. The second-order valence-electron chi connectivity index (χ2n) is 4.99. The number of aryl methyl sites for hydroxylation is 1. The first-order valence-electron chi connectivity index (χ1n) is 6.22. The molecule has 0 bridgehead atoms. The number of amides is 1. The number of carbonyl (C=O) groups excluding carboxylic acids is 1. The van der Waals surface area contributed by atoms with E-state index in [0.717, 1.165) is 0 Å². The number of nitrogens with zero attached hydrogens (tertiary/aromatic N) is 2. The lowest BCUT2D eigenvalue weighted by atomic mass is 9.80. The standard InChI is InChI=1S/C12H16F3N3O/c1-18-7-10(6-16-18)17-11(19)8-3-2-4-9(5-8)12(13,14)15/h6-9H,2-5H2,1H3,(H,17,19). The Hall–Kier alpha value is -1.53. The quantitative estimate of drug-likeness (QED) is 0.902. The number of carbonyl (C=O) groups is 1. The van der Waals surface area contributed by atoms with Crippen molar-refractivity contribution < 1.29 is 18.0 Å². The van der Waals surface area contributed by atoms with E-state index in [1.807, 2.05) is 0 Å². The Kier molecular flexibility index (Phi) is 3.82. The summed E-state index contributed by atoms with van der Waals surface area (Å²) in [5.41, 5.74) is 0.515. The van der Waals surface area contributed by atoms with Gasteiger partial charge in [-0.15, -0.1) is 0 Å². The van der Waals surface area contributed by atoms with Gasteiger partial charge in [0.05, 0.1) is 17.8 Å². The van der Waals surface area contributed by atoms with Crippen LogP contribution >= 0.6 is 0 Å². The predicted octanol–water partition coefficient (Wildman–Crippen LogP) is 2.73. The topological polar surface area (TPSA) is 46.9 Å². The molecule has 4 nitrogen and oxygen atoms in total. The highest BCUT2D eigenvalue weighted by Gasteiger charge is 2.43. The van der Waals surface area contributed by atoms with Crippen molar-refractivity contribution in [2.75, 3.05) is 5.32 Å². The number of nitrogens with one attached hydrogen (secondary N) is 1. The predicted molar refractivity (Wildman–Crippen MR) is 63.3 cm³/mol. The smallest absolute Gasteiger partial charge is 0.323 e. The first-order chi connectivity index (χ1) is 8.86. The molecule has 1 amide bonds. The van der Waals surface area contributed by atoms with E-state index >= 15 is 0 Å². The van der Waals surface area contributed by atoms with Crippen LogP contribution < -0.4 is 5.32 Å². The molecule has 19 heavy (non-hydrogen) atoms. The summed E-state index contributed by atoms with van der Waals surface area (Å²) in [6.07, 6.45) is -0.152. The van der Waals surface area contributed by atoms with Crippen molar-refractivity contribution in [3.05, 3.63) is 12.4 Å². The van der Waals surface area contributed by atoms with Crippen molar-refractivity contribution in [3.63, 3.8) is 0 Å². The Morgan fingerprint density at radius 2 is 2.21 bits per heavy atom. The molecule has 0 aliphatic heterocycles. The van der Waals surface area contributed by atoms with Crippen molar-refractivity contribution in [1.29, 1.82) is 0 Å². The van der Waals surface area contributed by atoms with Gasteiger partial charge < -0.3 is 5.32 Å². The van der Waals surface area contributed by atoms with Crippen molar-refractivity contribution >= 4 is 11.6 Å². The zero-order chi connectivity index (χ0) is 14.0. The zero-order valence-corrected chi connectivity index (χ0v) is 10.6. The summed E-state index contributed by atoms with van der Waals surface area (Å²) < 4.78 is 39.5. The maximum absolute atomic E-state index is 12.7. The maximum atomic E-state index is 12.7. The van der Waals surface area contributed by atoms with Crippen molar-refractivity contribution in [2.45, 2.75) is 31.9 Å². The van der Waals surface area contributed by atoms with Crippen LogP contribution in [0.15, 0.2) is 12.4 Å². The van der Waals surface area contributed by atoms with Crippen LogP contribution in [0.5, 0.6) is 0 Å². The molecule has 1 heterocycles. The SMILES string of the molecule is Cn1cc(NC(=O)C2CCCC(C(F)(F)F)C2)cn1. The first kappa shape index (κ1) is 13.9. The third kappa shape index (κ3) is 3.48. The van der Waals surface area contributed by atoms with Crippen LogP contribution in [0.2, 0.25) is 0 Å². The lowest BCUT2D eigenvalue weighted by Gasteiger charge is -2.29. The van der Waals surface area contributed by atoms with Crippen LogP contribution in [-0.4, -0.2) is 21.9 Å². The van der Waals surface area contributed by atoms with E-state index in [9.17, 15) is 18.0 Å². The third-order valence-corrected chi connectivity index (χ3v) is 3.48. The van der Waals surface area contributed by atoms with Gasteiger partial charge in [-0.25, -0.2) is 0 Å². The molecule has 7 heteroatoms. The number of rotatable bonds is 2. The Morgan fingerprint density at radius 1 is 1.47 bits per heavy atom. The highest BCUT2D eigenvalue weighted by molar-refractivity contribution is 5.92. The summed E-state index contributed by atoms with van der Waals surface area (Å²) in [5, 5.41) is 6.51. The van der Waals surface area contributed by atoms with Crippen LogP contribution in [0, 0.1) is 11.8 Å². The molecule has 1 aliphatic rings. The van der Waals surface area contributed by atoms with Crippen molar-refractivity contribution in [3.8, 4) is 0 Å².